The Morgan fingerprint density at radius 3 is 2.70 bits per heavy atom. The third kappa shape index (κ3) is 6.25. The number of nitrogens with zero attached hydrogens (tertiary/aromatic N) is 3. The van der Waals surface area contributed by atoms with E-state index in [1.54, 1.807) is 42.5 Å². The Bertz CT molecular complexity index is 1460. The molecule has 1 saturated heterocycles. The zero-order chi connectivity index (χ0) is 26.5. The van der Waals surface area contributed by atoms with Crippen molar-refractivity contribution in [3.05, 3.63) is 103 Å². The van der Waals surface area contributed by atoms with E-state index < -0.39 is 10.9 Å². The van der Waals surface area contributed by atoms with Gasteiger partial charge in [0, 0.05) is 28.7 Å². The molecule has 0 atom stereocenters. The van der Waals surface area contributed by atoms with E-state index in [9.17, 15) is 24.8 Å². The summed E-state index contributed by atoms with van der Waals surface area (Å²) in [7, 11) is 0. The number of likely N-dealkylation sites (N-methyl/N-ethyl adjacent to an activating group) is 1. The molecule has 0 unspecified atom stereocenters. The predicted molar refractivity (Wildman–Crippen MR) is 145 cm³/mol. The molecular weight excluding hydrogens is 562 g/mol. The number of benzene rings is 3. The molecule has 3 aromatic carbocycles. The lowest BCUT2D eigenvalue weighted by molar-refractivity contribution is -0.384. The van der Waals surface area contributed by atoms with Crippen LogP contribution in [0.1, 0.15) is 28.4 Å². The molecule has 0 aliphatic carbocycles. The van der Waals surface area contributed by atoms with Gasteiger partial charge in [-0.05, 0) is 66.7 Å². The number of ether oxygens (including phenoxy) is 1. The van der Waals surface area contributed by atoms with Crippen molar-refractivity contribution in [2.75, 3.05) is 6.54 Å². The molecule has 0 bridgehead atoms. The number of carboxylic acid groups (broad SMARTS) is 1. The Labute approximate surface area is 224 Å². The Morgan fingerprint density at radius 2 is 1.97 bits per heavy atom. The highest BCUT2D eigenvalue weighted by Gasteiger charge is 2.32. The van der Waals surface area contributed by atoms with Gasteiger partial charge in [0.25, 0.3) is 11.6 Å². The summed E-state index contributed by atoms with van der Waals surface area (Å²) in [4.78, 5) is 41.5. The van der Waals surface area contributed by atoms with Crippen molar-refractivity contribution in [2.24, 2.45) is 4.99 Å². The maximum absolute atomic E-state index is 13.1. The summed E-state index contributed by atoms with van der Waals surface area (Å²) in [5, 5.41) is 20.7. The summed E-state index contributed by atoms with van der Waals surface area (Å²) in [5.74, 6) is -0.791. The molecule has 1 amide bonds. The molecule has 188 valence electrons. The number of carboxylic acids is 1. The summed E-state index contributed by atoms with van der Waals surface area (Å²) in [5.41, 5.74) is 1.79. The van der Waals surface area contributed by atoms with E-state index >= 15 is 0 Å². The van der Waals surface area contributed by atoms with Gasteiger partial charge >= 0.3 is 5.97 Å². The lowest BCUT2D eigenvalue weighted by atomic mass is 10.1. The number of nitro benzene ring substituents is 1. The predicted octanol–water partition coefficient (Wildman–Crippen LogP) is 6.26. The summed E-state index contributed by atoms with van der Waals surface area (Å²) in [6.45, 7) is 2.32. The maximum atomic E-state index is 13.1. The van der Waals surface area contributed by atoms with Crippen LogP contribution in [-0.4, -0.2) is 38.5 Å². The van der Waals surface area contributed by atoms with Gasteiger partial charge in [-0.2, -0.15) is 0 Å². The average Bonchev–Trinajstić information content (AvgIpc) is 3.17. The number of hydrogen-bond acceptors (Lipinski definition) is 7. The van der Waals surface area contributed by atoms with Crippen molar-refractivity contribution < 1.29 is 24.4 Å². The standard InChI is InChI=1S/C26H20BrN3O6S/c1-2-29-24(31)23(37-26(29)28-20-7-4-6-17(13-20)25(32)33)14-18-12-19(27)9-10-22(18)36-15-16-5-3-8-21(11-16)30(34)35/h3-14H,2,15H2,1H3,(H,32,33)/b23-14-,28-26?. The minimum absolute atomic E-state index is 0.0208. The van der Waals surface area contributed by atoms with Gasteiger partial charge in [-0.25, -0.2) is 9.79 Å². The SMILES string of the molecule is CCN1C(=O)/C(=C/c2cc(Br)ccc2OCc2cccc([N+](=O)[O-])c2)SC1=Nc1cccc(C(=O)O)c1. The van der Waals surface area contributed by atoms with Crippen molar-refractivity contribution in [3.8, 4) is 5.75 Å². The summed E-state index contributed by atoms with van der Waals surface area (Å²) < 4.78 is 6.74. The van der Waals surface area contributed by atoms with Crippen molar-refractivity contribution >= 4 is 62.2 Å². The molecule has 3 aromatic rings. The normalized spacial score (nSPS) is 15.4. The summed E-state index contributed by atoms with van der Waals surface area (Å²) in [6.07, 6.45) is 1.71. The van der Waals surface area contributed by atoms with Crippen molar-refractivity contribution in [2.45, 2.75) is 13.5 Å². The molecule has 11 heteroatoms. The van der Waals surface area contributed by atoms with Crippen molar-refractivity contribution in [1.82, 2.24) is 4.90 Å². The van der Waals surface area contributed by atoms with E-state index in [0.29, 0.717) is 39.2 Å². The fraction of sp³-hybridized carbons (Fsp3) is 0.115. The number of hydrogen-bond donors (Lipinski definition) is 1. The number of aliphatic imine (C=N–C) groups is 1. The Kier molecular flexibility index (Phi) is 8.04. The van der Waals surface area contributed by atoms with Gasteiger partial charge in [0.05, 0.1) is 21.1 Å². The lowest BCUT2D eigenvalue weighted by Gasteiger charge is -2.12. The third-order valence-corrected chi connectivity index (χ3v) is 6.80. The molecule has 37 heavy (non-hydrogen) atoms. The number of amidine groups is 1. The second kappa shape index (κ2) is 11.4. The first-order valence-electron chi connectivity index (χ1n) is 11.0. The highest BCUT2D eigenvalue weighted by atomic mass is 79.9. The van der Waals surface area contributed by atoms with Crippen LogP contribution in [-0.2, 0) is 11.4 Å². The van der Waals surface area contributed by atoms with Crippen LogP contribution in [0.2, 0.25) is 0 Å². The smallest absolute Gasteiger partial charge is 0.335 e. The molecule has 9 nitrogen and oxygen atoms in total. The number of carbonyl (C=O) groups is 2. The second-order valence-corrected chi connectivity index (χ2v) is 9.73. The number of nitro groups is 1. The lowest BCUT2D eigenvalue weighted by Crippen LogP contribution is -2.28. The van der Waals surface area contributed by atoms with Crippen LogP contribution >= 0.6 is 27.7 Å². The van der Waals surface area contributed by atoms with E-state index in [4.69, 9.17) is 4.74 Å². The third-order valence-electron chi connectivity index (χ3n) is 5.30. The minimum atomic E-state index is -1.06. The van der Waals surface area contributed by atoms with E-state index in [-0.39, 0.29) is 23.8 Å². The van der Waals surface area contributed by atoms with Gasteiger partial charge in [0.2, 0.25) is 0 Å². The number of thioether (sulfide) groups is 1. The van der Waals surface area contributed by atoms with Crippen LogP contribution in [0.15, 0.2) is 81.1 Å². The zero-order valence-electron chi connectivity index (χ0n) is 19.5. The van der Waals surface area contributed by atoms with E-state index in [0.717, 1.165) is 4.47 Å². The van der Waals surface area contributed by atoms with Gasteiger partial charge in [-0.1, -0.05) is 34.1 Å². The molecule has 4 rings (SSSR count). The first kappa shape index (κ1) is 26.1. The highest BCUT2D eigenvalue weighted by molar-refractivity contribution is 9.10. The molecule has 1 fully saturated rings. The number of amides is 1. The molecule has 0 spiro atoms. The Morgan fingerprint density at radius 1 is 1.19 bits per heavy atom. The van der Waals surface area contributed by atoms with Crippen LogP contribution in [0, 0.1) is 10.1 Å². The topological polar surface area (TPSA) is 122 Å². The largest absolute Gasteiger partial charge is 0.488 e. The van der Waals surface area contributed by atoms with Crippen LogP contribution in [0.25, 0.3) is 6.08 Å². The number of aromatic carboxylic acids is 1. The van der Waals surface area contributed by atoms with Gasteiger partial charge in [-0.3, -0.25) is 19.8 Å². The molecular formula is C26H20BrN3O6S. The van der Waals surface area contributed by atoms with Gasteiger partial charge < -0.3 is 9.84 Å². The molecule has 1 aliphatic heterocycles. The van der Waals surface area contributed by atoms with E-state index in [1.165, 1.54) is 40.9 Å². The van der Waals surface area contributed by atoms with Gasteiger partial charge in [-0.15, -0.1) is 0 Å². The molecule has 0 radical (unpaired) electrons. The van der Waals surface area contributed by atoms with Gasteiger partial charge in [0.15, 0.2) is 5.17 Å². The van der Waals surface area contributed by atoms with Crippen LogP contribution < -0.4 is 4.74 Å². The summed E-state index contributed by atoms with van der Waals surface area (Å²) >= 11 is 4.63. The minimum Gasteiger partial charge on any atom is -0.488 e. The average molecular weight is 582 g/mol. The molecule has 1 aliphatic rings. The first-order valence-corrected chi connectivity index (χ1v) is 12.6. The number of carbonyl (C=O) groups excluding carboxylic acids is 1. The monoisotopic (exact) mass is 581 g/mol. The van der Waals surface area contributed by atoms with Crippen molar-refractivity contribution in [1.29, 1.82) is 0 Å². The van der Waals surface area contributed by atoms with Crippen LogP contribution in [0.4, 0.5) is 11.4 Å². The zero-order valence-corrected chi connectivity index (χ0v) is 21.9. The Hall–Kier alpha value is -3.96. The van der Waals surface area contributed by atoms with Gasteiger partial charge in [0.1, 0.15) is 12.4 Å². The number of non-ortho nitro benzene ring substituents is 1. The molecule has 1 N–H and O–H groups in total. The molecule has 0 aromatic heterocycles. The van der Waals surface area contributed by atoms with E-state index in [2.05, 4.69) is 20.9 Å². The Balaban J connectivity index is 1.62. The summed E-state index contributed by atoms with van der Waals surface area (Å²) in [6, 6.07) is 17.8. The number of rotatable bonds is 8. The van der Waals surface area contributed by atoms with Crippen LogP contribution in [0.5, 0.6) is 5.75 Å². The van der Waals surface area contributed by atoms with Crippen molar-refractivity contribution in [3.63, 3.8) is 0 Å². The van der Waals surface area contributed by atoms with E-state index in [1.807, 2.05) is 13.0 Å². The molecule has 0 saturated carbocycles. The highest BCUT2D eigenvalue weighted by Crippen LogP contribution is 2.36. The quantitative estimate of drug-likeness (QED) is 0.189. The fourth-order valence-electron chi connectivity index (χ4n) is 3.51. The number of halogens is 1. The second-order valence-electron chi connectivity index (χ2n) is 7.81. The fourth-order valence-corrected chi connectivity index (χ4v) is 4.95. The maximum Gasteiger partial charge on any atom is 0.335 e. The molecule has 1 heterocycles. The van der Waals surface area contributed by atoms with Crippen LogP contribution in [0.3, 0.4) is 0 Å². The first-order chi connectivity index (χ1) is 17.7.